The van der Waals surface area contributed by atoms with Crippen LogP contribution in [0.3, 0.4) is 0 Å². The number of hydrogen-bond acceptors (Lipinski definition) is 4. The average molecular weight is 434 g/mol. The molecule has 0 bridgehead atoms. The topological polar surface area (TPSA) is 78.4 Å². The Morgan fingerprint density at radius 1 is 0.969 bits per heavy atom. The third-order valence-electron chi connectivity index (χ3n) is 5.52. The Labute approximate surface area is 184 Å². The molecule has 1 aliphatic rings. The predicted molar refractivity (Wildman–Crippen MR) is 119 cm³/mol. The zero-order valence-corrected chi connectivity index (χ0v) is 18.1. The van der Waals surface area contributed by atoms with Gasteiger partial charge in [0.2, 0.25) is 0 Å². The Kier molecular flexibility index (Phi) is 5.52. The highest BCUT2D eigenvalue weighted by atomic mass is 19.1. The summed E-state index contributed by atoms with van der Waals surface area (Å²) in [5.41, 5.74) is 1.75. The van der Waals surface area contributed by atoms with Crippen LogP contribution in [0.15, 0.2) is 65.1 Å². The number of halogens is 1. The van der Waals surface area contributed by atoms with Crippen molar-refractivity contribution in [2.45, 2.75) is 19.9 Å². The van der Waals surface area contributed by atoms with Gasteiger partial charge < -0.3 is 4.90 Å². The highest BCUT2D eigenvalue weighted by Gasteiger charge is 2.43. The zero-order chi connectivity index (χ0) is 23.0. The van der Waals surface area contributed by atoms with Crippen molar-refractivity contribution in [1.82, 2.24) is 14.7 Å². The number of rotatable bonds is 6. The molecule has 1 aliphatic heterocycles. The number of aromatic amines is 1. The van der Waals surface area contributed by atoms with Crippen molar-refractivity contribution >= 4 is 23.1 Å². The first-order valence-electron chi connectivity index (χ1n) is 10.2. The van der Waals surface area contributed by atoms with Crippen molar-refractivity contribution in [3.8, 4) is 0 Å². The smallest absolute Gasteiger partial charge is 0.282 e. The van der Waals surface area contributed by atoms with Gasteiger partial charge in [0.15, 0.2) is 0 Å². The van der Waals surface area contributed by atoms with Crippen LogP contribution in [0.1, 0.15) is 23.7 Å². The summed E-state index contributed by atoms with van der Waals surface area (Å²) in [6.45, 7) is 2.23. The lowest BCUT2D eigenvalue weighted by atomic mass is 10.0. The molecule has 0 aliphatic carbocycles. The highest BCUT2D eigenvalue weighted by molar-refractivity contribution is 6.45. The summed E-state index contributed by atoms with van der Waals surface area (Å²) in [6, 6.07) is 14.6. The summed E-state index contributed by atoms with van der Waals surface area (Å²) in [6.07, 6.45) is 0.475. The molecule has 0 spiro atoms. The molecular weight excluding hydrogens is 411 g/mol. The largest absolute Gasteiger partial charge is 0.365 e. The summed E-state index contributed by atoms with van der Waals surface area (Å²) in [4.78, 5) is 42.7. The van der Waals surface area contributed by atoms with E-state index in [4.69, 9.17) is 0 Å². The number of aryl methyl sites for hydroxylation is 2. The Morgan fingerprint density at radius 2 is 1.62 bits per heavy atom. The molecule has 2 aromatic carbocycles. The molecule has 2 heterocycles. The number of likely N-dealkylation sites (N-methyl/N-ethyl adjacent to an activating group) is 1. The molecule has 0 radical (unpaired) electrons. The number of nitrogens with one attached hydrogen (secondary N) is 1. The Hall–Kier alpha value is -3.94. The standard InChI is InChI=1S/C24H23FN4O3/c1-4-18-19(22(30)28(3)26-18)20-21(27(2)14-15-8-6-5-7-9-15)24(32)29(23(20)31)17-12-10-16(25)11-13-17/h5-13,26H,4,14H2,1-3H3. The molecule has 2 amide bonds. The van der Waals surface area contributed by atoms with E-state index in [-0.39, 0.29) is 28.1 Å². The van der Waals surface area contributed by atoms with Crippen molar-refractivity contribution in [1.29, 1.82) is 0 Å². The summed E-state index contributed by atoms with van der Waals surface area (Å²) in [7, 11) is 3.28. The van der Waals surface area contributed by atoms with Gasteiger partial charge in [-0.3, -0.25) is 24.2 Å². The number of aromatic nitrogens is 2. The van der Waals surface area contributed by atoms with Gasteiger partial charge in [-0.2, -0.15) is 0 Å². The highest BCUT2D eigenvalue weighted by Crippen LogP contribution is 2.35. The Morgan fingerprint density at radius 3 is 2.25 bits per heavy atom. The minimum absolute atomic E-state index is 0.0523. The summed E-state index contributed by atoms with van der Waals surface area (Å²) < 4.78 is 14.8. The number of carbonyl (C=O) groups is 2. The zero-order valence-electron chi connectivity index (χ0n) is 18.1. The van der Waals surface area contributed by atoms with Crippen LogP contribution in [-0.4, -0.2) is 33.5 Å². The lowest BCUT2D eigenvalue weighted by Crippen LogP contribution is -2.34. The molecule has 0 saturated heterocycles. The van der Waals surface area contributed by atoms with Crippen LogP contribution in [0.5, 0.6) is 0 Å². The second-order valence-electron chi connectivity index (χ2n) is 7.67. The third-order valence-corrected chi connectivity index (χ3v) is 5.52. The number of H-pyrrole nitrogens is 1. The molecule has 8 heteroatoms. The third kappa shape index (κ3) is 3.53. The van der Waals surface area contributed by atoms with Crippen LogP contribution in [0.25, 0.3) is 5.57 Å². The number of carbonyl (C=O) groups excluding carboxylic acids is 2. The first kappa shape index (κ1) is 21.3. The van der Waals surface area contributed by atoms with Gasteiger partial charge >= 0.3 is 0 Å². The fourth-order valence-electron chi connectivity index (χ4n) is 3.98. The van der Waals surface area contributed by atoms with Crippen molar-refractivity contribution in [3.63, 3.8) is 0 Å². The maximum absolute atomic E-state index is 13.6. The lowest BCUT2D eigenvalue weighted by Gasteiger charge is -2.21. The van der Waals surface area contributed by atoms with E-state index in [9.17, 15) is 18.8 Å². The van der Waals surface area contributed by atoms with Crippen LogP contribution < -0.4 is 10.5 Å². The van der Waals surface area contributed by atoms with E-state index in [2.05, 4.69) is 5.10 Å². The van der Waals surface area contributed by atoms with Gasteiger partial charge in [0.05, 0.1) is 16.8 Å². The van der Waals surface area contributed by atoms with Gasteiger partial charge in [0.25, 0.3) is 17.4 Å². The van der Waals surface area contributed by atoms with E-state index in [0.29, 0.717) is 18.7 Å². The average Bonchev–Trinajstić information content (AvgIpc) is 3.21. The van der Waals surface area contributed by atoms with E-state index in [1.807, 2.05) is 37.3 Å². The number of anilines is 1. The van der Waals surface area contributed by atoms with Crippen LogP contribution in [0.4, 0.5) is 10.1 Å². The first-order chi connectivity index (χ1) is 15.3. The summed E-state index contributed by atoms with van der Waals surface area (Å²) >= 11 is 0. The van der Waals surface area contributed by atoms with E-state index in [1.165, 1.54) is 28.9 Å². The fourth-order valence-corrected chi connectivity index (χ4v) is 3.98. The normalized spacial score (nSPS) is 13.9. The van der Waals surface area contributed by atoms with E-state index in [1.54, 1.807) is 19.0 Å². The minimum Gasteiger partial charge on any atom is -0.365 e. The molecule has 0 unspecified atom stereocenters. The van der Waals surface area contributed by atoms with Crippen molar-refractivity contribution in [3.05, 3.63) is 93.3 Å². The number of imide groups is 1. The molecule has 0 atom stereocenters. The van der Waals surface area contributed by atoms with E-state index in [0.717, 1.165) is 10.5 Å². The van der Waals surface area contributed by atoms with Crippen LogP contribution in [-0.2, 0) is 29.6 Å². The maximum Gasteiger partial charge on any atom is 0.282 e. The van der Waals surface area contributed by atoms with Crippen molar-refractivity contribution in [2.24, 2.45) is 7.05 Å². The van der Waals surface area contributed by atoms with Crippen LogP contribution >= 0.6 is 0 Å². The lowest BCUT2D eigenvalue weighted by molar-refractivity contribution is -0.120. The van der Waals surface area contributed by atoms with Crippen LogP contribution in [0.2, 0.25) is 0 Å². The molecule has 7 nitrogen and oxygen atoms in total. The van der Waals surface area contributed by atoms with E-state index >= 15 is 0 Å². The molecule has 4 rings (SSSR count). The SMILES string of the molecule is CCc1[nH]n(C)c(=O)c1C1=C(N(C)Cc2ccccc2)C(=O)N(c2ccc(F)cc2)C1=O. The molecule has 3 aromatic rings. The summed E-state index contributed by atoms with van der Waals surface area (Å²) in [5.74, 6) is -1.64. The fraction of sp³-hybridized carbons (Fsp3) is 0.208. The van der Waals surface area contributed by atoms with Crippen LogP contribution in [0, 0.1) is 5.82 Å². The molecule has 0 fully saturated rings. The van der Waals surface area contributed by atoms with Gasteiger partial charge in [-0.15, -0.1) is 0 Å². The Balaban J connectivity index is 1.88. The number of nitrogens with zero attached hydrogens (tertiary/aromatic N) is 3. The number of benzene rings is 2. The monoisotopic (exact) mass is 434 g/mol. The van der Waals surface area contributed by atoms with Gasteiger partial charge in [0.1, 0.15) is 11.5 Å². The number of amides is 2. The summed E-state index contributed by atoms with van der Waals surface area (Å²) in [5, 5.41) is 2.97. The second kappa shape index (κ2) is 8.30. The number of hydrogen-bond donors (Lipinski definition) is 1. The van der Waals surface area contributed by atoms with Crippen molar-refractivity contribution < 1.29 is 14.0 Å². The van der Waals surface area contributed by atoms with E-state index < -0.39 is 17.6 Å². The second-order valence-corrected chi connectivity index (χ2v) is 7.67. The quantitative estimate of drug-likeness (QED) is 0.605. The molecule has 1 aromatic heterocycles. The Bertz CT molecular complexity index is 1270. The molecular formula is C24H23FN4O3. The first-order valence-corrected chi connectivity index (χ1v) is 10.2. The maximum atomic E-state index is 13.6. The van der Waals surface area contributed by atoms with Gasteiger partial charge in [0, 0.05) is 26.3 Å². The molecule has 0 saturated carbocycles. The van der Waals surface area contributed by atoms with Crippen molar-refractivity contribution in [2.75, 3.05) is 11.9 Å². The minimum atomic E-state index is -0.608. The van der Waals surface area contributed by atoms with Gasteiger partial charge in [-0.25, -0.2) is 9.29 Å². The molecule has 164 valence electrons. The molecule has 1 N–H and O–H groups in total. The molecule has 32 heavy (non-hydrogen) atoms. The van der Waals surface area contributed by atoms with Gasteiger partial charge in [-0.05, 0) is 36.2 Å². The van der Waals surface area contributed by atoms with Gasteiger partial charge in [-0.1, -0.05) is 37.3 Å². The predicted octanol–water partition coefficient (Wildman–Crippen LogP) is 2.83.